The largest absolute Gasteiger partial charge is 0.348 e. The van der Waals surface area contributed by atoms with Gasteiger partial charge in [0, 0.05) is 7.05 Å². The van der Waals surface area contributed by atoms with Crippen molar-refractivity contribution in [3.05, 3.63) is 12.2 Å². The van der Waals surface area contributed by atoms with Crippen molar-refractivity contribution in [2.75, 3.05) is 0 Å². The lowest BCUT2D eigenvalue weighted by molar-refractivity contribution is -0.120. The zero-order valence-electron chi connectivity index (χ0n) is 7.49. The van der Waals surface area contributed by atoms with E-state index in [1.165, 1.54) is 0 Å². The molecule has 1 N–H and O–H groups in total. The summed E-state index contributed by atoms with van der Waals surface area (Å²) in [4.78, 5) is 14.9. The molecule has 0 bridgehead atoms. The molecule has 0 spiro atoms. The van der Waals surface area contributed by atoms with Crippen LogP contribution in [0.1, 0.15) is 12.7 Å². The maximum absolute atomic E-state index is 11.1. The van der Waals surface area contributed by atoms with E-state index in [1.807, 2.05) is 0 Å². The van der Waals surface area contributed by atoms with Crippen molar-refractivity contribution in [1.82, 2.24) is 20.1 Å². The molecule has 1 aromatic heterocycles. The van der Waals surface area contributed by atoms with E-state index in [0.29, 0.717) is 12.4 Å². The molecular formula is C7H11BrN4O. The molecule has 1 heterocycles. The molecule has 1 rings (SSSR count). The van der Waals surface area contributed by atoms with Crippen LogP contribution in [0.3, 0.4) is 0 Å². The first-order valence-electron chi connectivity index (χ1n) is 3.86. The Morgan fingerprint density at radius 2 is 2.54 bits per heavy atom. The Hall–Kier alpha value is -0.910. The summed E-state index contributed by atoms with van der Waals surface area (Å²) in [6.07, 6.45) is 1.60. The van der Waals surface area contributed by atoms with E-state index in [-0.39, 0.29) is 10.7 Å². The van der Waals surface area contributed by atoms with Gasteiger partial charge >= 0.3 is 0 Å². The topological polar surface area (TPSA) is 59.8 Å². The van der Waals surface area contributed by atoms with Crippen LogP contribution in [0.5, 0.6) is 0 Å². The van der Waals surface area contributed by atoms with E-state index in [4.69, 9.17) is 0 Å². The van der Waals surface area contributed by atoms with Crippen LogP contribution in [0.25, 0.3) is 0 Å². The number of hydrogen-bond donors (Lipinski definition) is 1. The molecule has 0 fully saturated rings. The predicted molar refractivity (Wildman–Crippen MR) is 51.2 cm³/mol. The maximum Gasteiger partial charge on any atom is 0.233 e. The van der Waals surface area contributed by atoms with E-state index >= 15 is 0 Å². The molecule has 0 radical (unpaired) electrons. The van der Waals surface area contributed by atoms with Gasteiger partial charge in [-0.15, -0.1) is 0 Å². The zero-order valence-corrected chi connectivity index (χ0v) is 9.08. The molecule has 0 aliphatic rings. The summed E-state index contributed by atoms with van der Waals surface area (Å²) in [5, 5.41) is 6.71. The second-order valence-electron chi connectivity index (χ2n) is 2.67. The van der Waals surface area contributed by atoms with Gasteiger partial charge in [-0.25, -0.2) is 4.98 Å². The predicted octanol–water partition coefficient (Wildman–Crippen LogP) is 0.215. The Morgan fingerprint density at radius 3 is 3.00 bits per heavy atom. The van der Waals surface area contributed by atoms with Crippen LogP contribution >= 0.6 is 15.9 Å². The fraction of sp³-hybridized carbons (Fsp3) is 0.571. The smallest absolute Gasteiger partial charge is 0.233 e. The number of halogens is 1. The van der Waals surface area contributed by atoms with Gasteiger partial charge in [-0.1, -0.05) is 15.9 Å². The second kappa shape index (κ2) is 4.36. The van der Waals surface area contributed by atoms with Crippen molar-refractivity contribution in [2.45, 2.75) is 18.3 Å². The lowest BCUT2D eigenvalue weighted by Crippen LogP contribution is -2.29. The second-order valence-corrected chi connectivity index (χ2v) is 4.04. The van der Waals surface area contributed by atoms with Crippen molar-refractivity contribution in [1.29, 1.82) is 0 Å². The van der Waals surface area contributed by atoms with E-state index in [9.17, 15) is 4.79 Å². The van der Waals surface area contributed by atoms with Gasteiger partial charge in [0.1, 0.15) is 6.33 Å². The first-order chi connectivity index (χ1) is 6.09. The quantitative estimate of drug-likeness (QED) is 0.777. The molecule has 5 nitrogen and oxygen atoms in total. The molecule has 13 heavy (non-hydrogen) atoms. The summed E-state index contributed by atoms with van der Waals surface area (Å²) in [6, 6.07) is 0. The Kier molecular flexibility index (Phi) is 3.41. The summed E-state index contributed by atoms with van der Waals surface area (Å²) in [7, 11) is 1.78. The fourth-order valence-corrected chi connectivity index (χ4v) is 0.934. The first kappa shape index (κ1) is 10.2. The van der Waals surface area contributed by atoms with Gasteiger partial charge in [0.05, 0.1) is 11.4 Å². The molecule has 0 saturated heterocycles. The standard InChI is InChI=1S/C7H11BrN4O/c1-5(8)7(13)9-3-6-10-4-12(2)11-6/h4-5H,3H2,1-2H3,(H,9,13). The van der Waals surface area contributed by atoms with Crippen LogP contribution in [0, 0.1) is 0 Å². The highest BCUT2D eigenvalue weighted by Gasteiger charge is 2.08. The van der Waals surface area contributed by atoms with Crippen LogP contribution < -0.4 is 5.32 Å². The van der Waals surface area contributed by atoms with Crippen molar-refractivity contribution in [2.24, 2.45) is 7.05 Å². The van der Waals surface area contributed by atoms with Crippen LogP contribution in [-0.2, 0) is 18.4 Å². The van der Waals surface area contributed by atoms with Crippen LogP contribution in [-0.4, -0.2) is 25.5 Å². The van der Waals surface area contributed by atoms with Crippen molar-refractivity contribution >= 4 is 21.8 Å². The summed E-state index contributed by atoms with van der Waals surface area (Å²) >= 11 is 3.16. The minimum absolute atomic E-state index is 0.0625. The highest BCUT2D eigenvalue weighted by molar-refractivity contribution is 9.10. The van der Waals surface area contributed by atoms with Gasteiger partial charge in [-0.2, -0.15) is 5.10 Å². The van der Waals surface area contributed by atoms with Crippen LogP contribution in [0.15, 0.2) is 6.33 Å². The summed E-state index contributed by atoms with van der Waals surface area (Å²) in [6.45, 7) is 2.14. The van der Waals surface area contributed by atoms with Gasteiger partial charge in [-0.05, 0) is 6.92 Å². The number of aryl methyl sites for hydroxylation is 1. The van der Waals surface area contributed by atoms with Crippen LogP contribution in [0.4, 0.5) is 0 Å². The Morgan fingerprint density at radius 1 is 1.85 bits per heavy atom. The van der Waals surface area contributed by atoms with Gasteiger partial charge < -0.3 is 5.32 Å². The monoisotopic (exact) mass is 246 g/mol. The number of hydrogen-bond acceptors (Lipinski definition) is 3. The SMILES string of the molecule is CC(Br)C(=O)NCc1ncn(C)n1. The molecule has 1 unspecified atom stereocenters. The number of carbonyl (C=O) groups excluding carboxylic acids is 1. The third-order valence-electron chi connectivity index (χ3n) is 1.43. The first-order valence-corrected chi connectivity index (χ1v) is 4.77. The number of alkyl halides is 1. The average Bonchev–Trinajstić information content (AvgIpc) is 2.47. The highest BCUT2D eigenvalue weighted by Crippen LogP contribution is 1.96. The van der Waals surface area contributed by atoms with Gasteiger partial charge in [0.25, 0.3) is 0 Å². The number of rotatable bonds is 3. The number of aromatic nitrogens is 3. The fourth-order valence-electron chi connectivity index (χ4n) is 0.772. The van der Waals surface area contributed by atoms with Crippen molar-refractivity contribution in [3.63, 3.8) is 0 Å². The highest BCUT2D eigenvalue weighted by atomic mass is 79.9. The third-order valence-corrected chi connectivity index (χ3v) is 1.84. The Labute approximate surface area is 84.7 Å². The van der Waals surface area contributed by atoms with E-state index in [2.05, 4.69) is 31.3 Å². The minimum atomic E-state index is -0.184. The molecule has 0 aromatic carbocycles. The molecule has 72 valence electrons. The van der Waals surface area contributed by atoms with Gasteiger partial charge in [0.2, 0.25) is 5.91 Å². The average molecular weight is 247 g/mol. The molecule has 0 aliphatic carbocycles. The number of amides is 1. The molecule has 1 atom stereocenters. The molecule has 0 saturated carbocycles. The molecule has 6 heteroatoms. The molecule has 1 amide bonds. The Balaban J connectivity index is 2.39. The van der Waals surface area contributed by atoms with E-state index in [0.717, 1.165) is 0 Å². The van der Waals surface area contributed by atoms with Gasteiger partial charge in [0.15, 0.2) is 5.82 Å². The molecule has 1 aromatic rings. The van der Waals surface area contributed by atoms with Crippen molar-refractivity contribution < 1.29 is 4.79 Å². The molecule has 0 aliphatic heterocycles. The lowest BCUT2D eigenvalue weighted by atomic mass is 10.4. The number of nitrogens with one attached hydrogen (secondary N) is 1. The third kappa shape index (κ3) is 3.14. The maximum atomic E-state index is 11.1. The van der Waals surface area contributed by atoms with E-state index in [1.54, 1.807) is 25.0 Å². The lowest BCUT2D eigenvalue weighted by Gasteiger charge is -2.03. The summed E-state index contributed by atoms with van der Waals surface area (Å²) in [5.41, 5.74) is 0. The number of carbonyl (C=O) groups is 1. The zero-order chi connectivity index (χ0) is 9.84. The minimum Gasteiger partial charge on any atom is -0.348 e. The molecular weight excluding hydrogens is 236 g/mol. The van der Waals surface area contributed by atoms with Crippen LogP contribution in [0.2, 0.25) is 0 Å². The van der Waals surface area contributed by atoms with Crippen molar-refractivity contribution in [3.8, 4) is 0 Å². The van der Waals surface area contributed by atoms with Gasteiger partial charge in [-0.3, -0.25) is 9.48 Å². The number of nitrogens with zero attached hydrogens (tertiary/aromatic N) is 3. The normalized spacial score (nSPS) is 12.5. The summed E-state index contributed by atoms with van der Waals surface area (Å²) < 4.78 is 1.60. The Bertz CT molecular complexity index is 296. The summed E-state index contributed by atoms with van der Waals surface area (Å²) in [5.74, 6) is 0.552. The van der Waals surface area contributed by atoms with E-state index < -0.39 is 0 Å².